The minimum Gasteiger partial charge on any atom is -0.294 e. The first-order chi connectivity index (χ1) is 14.1. The van der Waals surface area contributed by atoms with Gasteiger partial charge in [0, 0.05) is 10.4 Å². The van der Waals surface area contributed by atoms with Gasteiger partial charge in [-0.1, -0.05) is 60.3 Å². The molecule has 2 aromatic carbocycles. The zero-order valence-electron chi connectivity index (χ0n) is 15.6. The molecule has 6 nitrogen and oxygen atoms in total. The second-order valence-corrected chi connectivity index (χ2v) is 8.45. The average molecular weight is 423 g/mol. The highest BCUT2D eigenvalue weighted by molar-refractivity contribution is 7.99. The molecule has 1 amide bonds. The van der Waals surface area contributed by atoms with Crippen molar-refractivity contribution in [3.8, 4) is 16.8 Å². The molecule has 0 atom stereocenters. The summed E-state index contributed by atoms with van der Waals surface area (Å²) in [6.45, 7) is 2.00. The van der Waals surface area contributed by atoms with Gasteiger partial charge < -0.3 is 0 Å². The first-order valence-corrected chi connectivity index (χ1v) is 10.7. The molecule has 0 aliphatic carbocycles. The van der Waals surface area contributed by atoms with Crippen LogP contribution in [0.5, 0.6) is 0 Å². The van der Waals surface area contributed by atoms with Gasteiger partial charge in [-0.3, -0.25) is 19.6 Å². The molecule has 3 N–H and O–H groups in total. The summed E-state index contributed by atoms with van der Waals surface area (Å²) in [5.74, 6) is 4.92. The summed E-state index contributed by atoms with van der Waals surface area (Å²) < 4.78 is 1.56. The van der Waals surface area contributed by atoms with Gasteiger partial charge in [-0.15, -0.1) is 11.3 Å². The Morgan fingerprint density at radius 3 is 2.45 bits per heavy atom. The van der Waals surface area contributed by atoms with Crippen molar-refractivity contribution in [3.05, 3.63) is 75.9 Å². The van der Waals surface area contributed by atoms with Crippen LogP contribution in [0, 0.1) is 6.92 Å². The molecule has 8 heteroatoms. The second-order valence-electron chi connectivity index (χ2n) is 6.31. The fraction of sp³-hybridized carbons (Fsp3) is 0.0952. The summed E-state index contributed by atoms with van der Waals surface area (Å²) in [4.78, 5) is 31.8. The SMILES string of the molecule is Cc1sc2nc(SCC(=O)NN)n(-c3ccccc3)c(=O)c2c1-c1ccccc1. The molecule has 0 aliphatic rings. The lowest BCUT2D eigenvalue weighted by Crippen LogP contribution is -2.32. The number of benzene rings is 2. The van der Waals surface area contributed by atoms with Crippen molar-refractivity contribution >= 4 is 39.2 Å². The van der Waals surface area contributed by atoms with Gasteiger partial charge in [0.05, 0.1) is 16.8 Å². The lowest BCUT2D eigenvalue weighted by atomic mass is 10.0. The fourth-order valence-electron chi connectivity index (χ4n) is 3.17. The molecule has 146 valence electrons. The maximum absolute atomic E-state index is 13.7. The molecule has 0 saturated heterocycles. The third-order valence-electron chi connectivity index (χ3n) is 4.44. The van der Waals surface area contributed by atoms with Gasteiger partial charge in [-0.25, -0.2) is 10.8 Å². The first kappa shape index (κ1) is 19.4. The number of thiophene rings is 1. The minimum atomic E-state index is -0.337. The number of hydrogen-bond acceptors (Lipinski definition) is 6. The van der Waals surface area contributed by atoms with Crippen LogP contribution in [0.1, 0.15) is 4.88 Å². The number of rotatable bonds is 5. The summed E-state index contributed by atoms with van der Waals surface area (Å²) in [5.41, 5.74) is 4.55. The number of aryl methyl sites for hydroxylation is 1. The smallest absolute Gasteiger partial charge is 0.268 e. The third kappa shape index (κ3) is 3.69. The Morgan fingerprint density at radius 1 is 1.14 bits per heavy atom. The lowest BCUT2D eigenvalue weighted by molar-refractivity contribution is -0.118. The average Bonchev–Trinajstić information content (AvgIpc) is 3.09. The van der Waals surface area contributed by atoms with Crippen LogP contribution in [0.15, 0.2) is 70.6 Å². The number of para-hydroxylation sites is 1. The number of carbonyl (C=O) groups excluding carboxylic acids is 1. The first-order valence-electron chi connectivity index (χ1n) is 8.89. The van der Waals surface area contributed by atoms with Crippen molar-refractivity contribution in [2.24, 2.45) is 5.84 Å². The molecule has 4 aromatic rings. The number of hydrogen-bond donors (Lipinski definition) is 2. The number of aromatic nitrogens is 2. The summed E-state index contributed by atoms with van der Waals surface area (Å²) in [7, 11) is 0. The highest BCUT2D eigenvalue weighted by Gasteiger charge is 2.21. The van der Waals surface area contributed by atoms with E-state index < -0.39 is 0 Å². The molecule has 0 aliphatic heterocycles. The van der Waals surface area contributed by atoms with Gasteiger partial charge in [0.25, 0.3) is 5.56 Å². The largest absolute Gasteiger partial charge is 0.294 e. The Hall–Kier alpha value is -2.94. The topological polar surface area (TPSA) is 90.0 Å². The van der Waals surface area contributed by atoms with E-state index in [2.05, 4.69) is 5.43 Å². The molecular weight excluding hydrogens is 404 g/mol. The van der Waals surface area contributed by atoms with Gasteiger partial charge in [-0.2, -0.15) is 0 Å². The van der Waals surface area contributed by atoms with Crippen LogP contribution in [0.25, 0.3) is 27.0 Å². The standard InChI is InChI=1S/C21H18N4O2S2/c1-13-17(14-8-4-2-5-9-14)18-19(29-13)23-21(28-12-16(26)24-22)25(20(18)27)15-10-6-3-7-11-15/h2-11H,12,22H2,1H3,(H,24,26). The van der Waals surface area contributed by atoms with Crippen LogP contribution >= 0.6 is 23.1 Å². The zero-order chi connectivity index (χ0) is 20.4. The van der Waals surface area contributed by atoms with Crippen molar-refractivity contribution in [2.75, 3.05) is 5.75 Å². The Bertz CT molecular complexity index is 1230. The minimum absolute atomic E-state index is 0.0666. The van der Waals surface area contributed by atoms with Crippen molar-refractivity contribution < 1.29 is 4.79 Å². The molecule has 0 unspecified atom stereocenters. The molecule has 0 saturated carbocycles. The van der Waals surface area contributed by atoms with Crippen molar-refractivity contribution in [2.45, 2.75) is 12.1 Å². The zero-order valence-corrected chi connectivity index (χ0v) is 17.2. The van der Waals surface area contributed by atoms with Gasteiger partial charge in [0.15, 0.2) is 5.16 Å². The van der Waals surface area contributed by atoms with Gasteiger partial charge in [0.2, 0.25) is 5.91 Å². The molecule has 0 spiro atoms. The van der Waals surface area contributed by atoms with E-state index in [4.69, 9.17) is 10.8 Å². The van der Waals surface area contributed by atoms with E-state index in [0.717, 1.165) is 16.0 Å². The number of nitrogens with two attached hydrogens (primary N) is 1. The monoisotopic (exact) mass is 422 g/mol. The number of nitrogens with zero attached hydrogens (tertiary/aromatic N) is 2. The summed E-state index contributed by atoms with van der Waals surface area (Å²) >= 11 is 2.66. The van der Waals surface area contributed by atoms with E-state index in [-0.39, 0.29) is 17.2 Å². The van der Waals surface area contributed by atoms with Crippen molar-refractivity contribution in [1.29, 1.82) is 0 Å². The molecule has 2 aromatic heterocycles. The number of amides is 1. The Balaban J connectivity index is 1.99. The molecule has 0 radical (unpaired) electrons. The predicted octanol–water partition coefficient (Wildman–Crippen LogP) is 3.50. The van der Waals surface area contributed by atoms with Crippen LogP contribution in [0.3, 0.4) is 0 Å². The highest BCUT2D eigenvalue weighted by Crippen LogP contribution is 2.36. The van der Waals surface area contributed by atoms with Crippen LogP contribution in [0.4, 0.5) is 0 Å². The molecule has 0 fully saturated rings. The molecular formula is C21H18N4O2S2. The predicted molar refractivity (Wildman–Crippen MR) is 118 cm³/mol. The summed E-state index contributed by atoms with van der Waals surface area (Å²) in [6.07, 6.45) is 0. The van der Waals surface area contributed by atoms with E-state index in [9.17, 15) is 9.59 Å². The van der Waals surface area contributed by atoms with E-state index in [1.165, 1.54) is 23.1 Å². The fourth-order valence-corrected chi connectivity index (χ4v) is 5.08. The van der Waals surface area contributed by atoms with Crippen LogP contribution in [0.2, 0.25) is 0 Å². The third-order valence-corrected chi connectivity index (χ3v) is 6.38. The van der Waals surface area contributed by atoms with Gasteiger partial charge in [0.1, 0.15) is 4.83 Å². The molecule has 29 heavy (non-hydrogen) atoms. The molecule has 0 bridgehead atoms. The Morgan fingerprint density at radius 2 is 1.79 bits per heavy atom. The van der Waals surface area contributed by atoms with E-state index in [0.29, 0.717) is 21.1 Å². The van der Waals surface area contributed by atoms with Crippen molar-refractivity contribution in [3.63, 3.8) is 0 Å². The quantitative estimate of drug-likeness (QED) is 0.169. The number of thioether (sulfide) groups is 1. The summed E-state index contributed by atoms with van der Waals surface area (Å²) in [6, 6.07) is 19.2. The molecule has 4 rings (SSSR count). The number of hydrazine groups is 1. The van der Waals surface area contributed by atoms with Crippen LogP contribution in [-0.4, -0.2) is 21.2 Å². The maximum Gasteiger partial charge on any atom is 0.268 e. The van der Waals surface area contributed by atoms with Crippen molar-refractivity contribution in [1.82, 2.24) is 15.0 Å². The normalized spacial score (nSPS) is 11.0. The van der Waals surface area contributed by atoms with E-state index in [1.807, 2.05) is 67.6 Å². The van der Waals surface area contributed by atoms with Crippen LogP contribution < -0.4 is 16.8 Å². The Labute approximate surface area is 175 Å². The number of nitrogens with one attached hydrogen (secondary N) is 1. The molecule has 2 heterocycles. The van der Waals surface area contributed by atoms with Gasteiger partial charge in [-0.05, 0) is 24.6 Å². The number of fused-ring (bicyclic) bond motifs is 1. The van der Waals surface area contributed by atoms with Gasteiger partial charge >= 0.3 is 0 Å². The van der Waals surface area contributed by atoms with E-state index in [1.54, 1.807) is 4.57 Å². The lowest BCUT2D eigenvalue weighted by Gasteiger charge is -2.12. The van der Waals surface area contributed by atoms with E-state index >= 15 is 0 Å². The number of carbonyl (C=O) groups is 1. The Kier molecular flexibility index (Phi) is 5.48. The maximum atomic E-state index is 13.7. The van der Waals surface area contributed by atoms with Crippen LogP contribution in [-0.2, 0) is 4.79 Å². The summed E-state index contributed by atoms with van der Waals surface area (Å²) in [5, 5.41) is 1.05. The highest BCUT2D eigenvalue weighted by atomic mass is 32.2. The second kappa shape index (κ2) is 8.20.